The maximum absolute atomic E-state index is 4.60. The predicted molar refractivity (Wildman–Crippen MR) is 87.9 cm³/mol. The second kappa shape index (κ2) is 7.00. The molecule has 0 unspecified atom stereocenters. The van der Waals surface area contributed by atoms with Crippen molar-refractivity contribution >= 4 is 29.3 Å². The van der Waals surface area contributed by atoms with E-state index in [2.05, 4.69) is 31.9 Å². The fourth-order valence-electron chi connectivity index (χ4n) is 2.88. The lowest BCUT2D eigenvalue weighted by Gasteiger charge is -2.34. The molecule has 6 heteroatoms. The van der Waals surface area contributed by atoms with Crippen LogP contribution >= 0.6 is 23.5 Å². The molecule has 2 fully saturated rings. The highest BCUT2D eigenvalue weighted by Crippen LogP contribution is 2.22. The average molecular weight is 310 g/mol. The molecule has 0 bridgehead atoms. The molecule has 1 aromatic heterocycles. The Bertz CT molecular complexity index is 429. The van der Waals surface area contributed by atoms with Crippen molar-refractivity contribution in [1.29, 1.82) is 0 Å². The molecule has 2 aliphatic heterocycles. The first-order chi connectivity index (χ1) is 9.85. The first kappa shape index (κ1) is 14.5. The van der Waals surface area contributed by atoms with Crippen LogP contribution in [0.1, 0.15) is 19.3 Å². The summed E-state index contributed by atoms with van der Waals surface area (Å²) in [4.78, 5) is 11.2. The summed E-state index contributed by atoms with van der Waals surface area (Å²) in [6.45, 7) is 2.20. The van der Waals surface area contributed by atoms with Gasteiger partial charge in [-0.25, -0.2) is 9.97 Å². The molecule has 2 saturated heterocycles. The summed E-state index contributed by atoms with van der Waals surface area (Å²) < 4.78 is 0. The van der Waals surface area contributed by atoms with Crippen LogP contribution in [-0.2, 0) is 0 Å². The maximum Gasteiger partial charge on any atom is 0.189 e. The quantitative estimate of drug-likeness (QED) is 0.679. The van der Waals surface area contributed by atoms with Gasteiger partial charge in [0.15, 0.2) is 5.16 Å². The van der Waals surface area contributed by atoms with Gasteiger partial charge in [-0.15, -0.1) is 0 Å². The molecule has 0 aliphatic carbocycles. The van der Waals surface area contributed by atoms with E-state index in [-0.39, 0.29) is 0 Å². The third-order valence-electron chi connectivity index (χ3n) is 4.02. The van der Waals surface area contributed by atoms with Crippen molar-refractivity contribution in [2.24, 2.45) is 0 Å². The van der Waals surface area contributed by atoms with Gasteiger partial charge in [-0.05, 0) is 37.3 Å². The number of thioether (sulfide) groups is 2. The lowest BCUT2D eigenvalue weighted by molar-refractivity contribution is 0.378. The third kappa shape index (κ3) is 3.59. The Hall–Kier alpha value is -0.460. The molecule has 1 N–H and O–H groups in total. The summed E-state index contributed by atoms with van der Waals surface area (Å²) in [5, 5.41) is 4.69. The molecule has 4 nitrogen and oxygen atoms in total. The van der Waals surface area contributed by atoms with E-state index in [1.807, 2.05) is 18.5 Å². The fraction of sp³-hybridized carbons (Fsp3) is 0.714. The Morgan fingerprint density at radius 2 is 2.15 bits per heavy atom. The van der Waals surface area contributed by atoms with Gasteiger partial charge in [-0.3, -0.25) is 0 Å². The van der Waals surface area contributed by atoms with E-state index < -0.39 is 0 Å². The molecule has 3 rings (SSSR count). The zero-order valence-electron chi connectivity index (χ0n) is 11.9. The van der Waals surface area contributed by atoms with Gasteiger partial charge in [-0.2, -0.15) is 11.8 Å². The van der Waals surface area contributed by atoms with E-state index in [1.165, 1.54) is 30.8 Å². The molecule has 110 valence electrons. The third-order valence-corrected chi connectivity index (χ3v) is 5.75. The standard InChI is InChI=1S/C14H22N4S2/c1-19-14-15-6-2-13(17-14)18-7-3-11(4-8-18)16-12-5-9-20-10-12/h2,6,11-12,16H,3-5,7-10H2,1H3/t12-/m1/s1. The van der Waals surface area contributed by atoms with E-state index in [9.17, 15) is 0 Å². The highest BCUT2D eigenvalue weighted by Gasteiger charge is 2.24. The number of rotatable bonds is 4. The molecule has 3 heterocycles. The number of aromatic nitrogens is 2. The zero-order chi connectivity index (χ0) is 13.8. The summed E-state index contributed by atoms with van der Waals surface area (Å²) in [6, 6.07) is 3.47. The van der Waals surface area contributed by atoms with Gasteiger partial charge in [0.1, 0.15) is 5.82 Å². The minimum absolute atomic E-state index is 0.691. The van der Waals surface area contributed by atoms with Crippen molar-refractivity contribution in [3.63, 3.8) is 0 Å². The van der Waals surface area contributed by atoms with Crippen molar-refractivity contribution < 1.29 is 0 Å². The first-order valence-electron chi connectivity index (χ1n) is 7.31. The monoisotopic (exact) mass is 310 g/mol. The molecule has 1 aromatic rings. The van der Waals surface area contributed by atoms with Crippen molar-refractivity contribution in [1.82, 2.24) is 15.3 Å². The summed E-state index contributed by atoms with van der Waals surface area (Å²) in [5.41, 5.74) is 0. The predicted octanol–water partition coefficient (Wildman–Crippen LogP) is 2.26. The van der Waals surface area contributed by atoms with Gasteiger partial charge in [0.25, 0.3) is 0 Å². The van der Waals surface area contributed by atoms with Crippen molar-refractivity contribution in [3.05, 3.63) is 12.3 Å². The van der Waals surface area contributed by atoms with Crippen LogP contribution in [0.25, 0.3) is 0 Å². The molecule has 0 amide bonds. The van der Waals surface area contributed by atoms with E-state index in [4.69, 9.17) is 0 Å². The average Bonchev–Trinajstić information content (AvgIpc) is 3.01. The van der Waals surface area contributed by atoms with Crippen molar-refractivity contribution in [2.45, 2.75) is 36.5 Å². The van der Waals surface area contributed by atoms with Crippen LogP contribution in [0.3, 0.4) is 0 Å². The lowest BCUT2D eigenvalue weighted by Crippen LogP contribution is -2.46. The summed E-state index contributed by atoms with van der Waals surface area (Å²) in [5.74, 6) is 3.71. The van der Waals surface area contributed by atoms with Crippen LogP contribution in [0, 0.1) is 0 Å². The molecular weight excluding hydrogens is 288 g/mol. The lowest BCUT2D eigenvalue weighted by atomic mass is 10.0. The molecule has 1 atom stereocenters. The Morgan fingerprint density at radius 3 is 2.85 bits per heavy atom. The highest BCUT2D eigenvalue weighted by atomic mass is 32.2. The van der Waals surface area contributed by atoms with Crippen LogP contribution in [0.15, 0.2) is 17.4 Å². The number of hydrogen-bond acceptors (Lipinski definition) is 6. The maximum atomic E-state index is 4.60. The van der Waals surface area contributed by atoms with E-state index in [1.54, 1.807) is 11.8 Å². The highest BCUT2D eigenvalue weighted by molar-refractivity contribution is 7.99. The van der Waals surface area contributed by atoms with Crippen LogP contribution in [0.5, 0.6) is 0 Å². The Balaban J connectivity index is 1.52. The minimum Gasteiger partial charge on any atom is -0.356 e. The second-order valence-electron chi connectivity index (χ2n) is 5.39. The number of anilines is 1. The van der Waals surface area contributed by atoms with Gasteiger partial charge in [0.05, 0.1) is 0 Å². The fourth-order valence-corrected chi connectivity index (χ4v) is 4.40. The minimum atomic E-state index is 0.691. The van der Waals surface area contributed by atoms with Crippen molar-refractivity contribution in [2.75, 3.05) is 35.8 Å². The zero-order valence-corrected chi connectivity index (χ0v) is 13.6. The molecule has 20 heavy (non-hydrogen) atoms. The van der Waals surface area contributed by atoms with E-state index >= 15 is 0 Å². The van der Waals surface area contributed by atoms with Gasteiger partial charge < -0.3 is 10.2 Å². The Kier molecular flexibility index (Phi) is 5.07. The topological polar surface area (TPSA) is 41.1 Å². The number of hydrogen-bond donors (Lipinski definition) is 1. The van der Waals surface area contributed by atoms with Crippen LogP contribution in [-0.4, -0.2) is 52.9 Å². The number of nitrogens with zero attached hydrogens (tertiary/aromatic N) is 3. The summed E-state index contributed by atoms with van der Waals surface area (Å²) in [7, 11) is 0. The van der Waals surface area contributed by atoms with Gasteiger partial charge in [-0.1, -0.05) is 11.8 Å². The smallest absolute Gasteiger partial charge is 0.189 e. The van der Waals surface area contributed by atoms with Crippen LogP contribution in [0.2, 0.25) is 0 Å². The Morgan fingerprint density at radius 1 is 1.30 bits per heavy atom. The van der Waals surface area contributed by atoms with E-state index in [0.29, 0.717) is 6.04 Å². The van der Waals surface area contributed by atoms with Crippen LogP contribution in [0.4, 0.5) is 5.82 Å². The molecule has 0 aromatic carbocycles. The molecule has 0 saturated carbocycles. The van der Waals surface area contributed by atoms with Crippen molar-refractivity contribution in [3.8, 4) is 0 Å². The Labute approximate surface area is 129 Å². The van der Waals surface area contributed by atoms with Gasteiger partial charge in [0.2, 0.25) is 0 Å². The molecule has 2 aliphatic rings. The number of piperidine rings is 1. The van der Waals surface area contributed by atoms with Gasteiger partial charge >= 0.3 is 0 Å². The largest absolute Gasteiger partial charge is 0.356 e. The number of nitrogens with one attached hydrogen (secondary N) is 1. The second-order valence-corrected chi connectivity index (χ2v) is 7.31. The summed E-state index contributed by atoms with van der Waals surface area (Å²) >= 11 is 3.69. The van der Waals surface area contributed by atoms with Gasteiger partial charge in [0, 0.05) is 37.1 Å². The summed E-state index contributed by atoms with van der Waals surface area (Å²) in [6.07, 6.45) is 7.68. The molecular formula is C14H22N4S2. The SMILES string of the molecule is CSc1nccc(N2CCC(N[C@@H]3CCSC3)CC2)n1. The molecule has 0 radical (unpaired) electrons. The van der Waals surface area contributed by atoms with E-state index in [0.717, 1.165) is 30.1 Å². The normalized spacial score (nSPS) is 24.2. The molecule has 0 spiro atoms. The van der Waals surface area contributed by atoms with Crippen LogP contribution < -0.4 is 10.2 Å². The first-order valence-corrected chi connectivity index (χ1v) is 9.69.